The maximum absolute atomic E-state index is 13.1. The van der Waals surface area contributed by atoms with Crippen molar-refractivity contribution in [2.75, 3.05) is 5.32 Å². The van der Waals surface area contributed by atoms with Crippen molar-refractivity contribution in [2.24, 2.45) is 0 Å². The topological polar surface area (TPSA) is 49.3 Å². The van der Waals surface area contributed by atoms with Gasteiger partial charge in [0.2, 0.25) is 0 Å². The average Bonchev–Trinajstić information content (AvgIpc) is 2.59. The third-order valence-electron chi connectivity index (χ3n) is 4.03. The largest absolute Gasteiger partial charge is 0.478 e. The minimum atomic E-state index is -4.72. The Bertz CT molecular complexity index is 879. The van der Waals surface area contributed by atoms with Crippen molar-refractivity contribution < 1.29 is 23.1 Å². The second-order valence-corrected chi connectivity index (χ2v) is 6.66. The van der Waals surface area contributed by atoms with Crippen LogP contribution in [0.1, 0.15) is 22.1 Å². The number of hydrogen-bond acceptors (Lipinski definition) is 2. The lowest BCUT2D eigenvalue weighted by molar-refractivity contribution is -0.146. The first-order valence-electron chi connectivity index (χ1n) is 7.48. The molecule has 0 aromatic heterocycles. The molecule has 8 heteroatoms. The third-order valence-corrected chi connectivity index (χ3v) is 4.78. The fourth-order valence-corrected chi connectivity index (χ4v) is 3.15. The molecule has 1 heterocycles. The van der Waals surface area contributed by atoms with Crippen molar-refractivity contribution in [3.63, 3.8) is 0 Å². The van der Waals surface area contributed by atoms with Gasteiger partial charge in [0.1, 0.15) is 0 Å². The van der Waals surface area contributed by atoms with E-state index in [1.165, 1.54) is 6.07 Å². The molecule has 3 rings (SSSR count). The number of carboxylic acid groups (broad SMARTS) is 1. The molecule has 0 radical (unpaired) electrons. The molecule has 0 saturated heterocycles. The first kappa shape index (κ1) is 18.6. The zero-order chi connectivity index (χ0) is 19.1. The van der Waals surface area contributed by atoms with Gasteiger partial charge in [-0.05, 0) is 47.0 Å². The van der Waals surface area contributed by atoms with E-state index < -0.39 is 29.1 Å². The van der Waals surface area contributed by atoms with Crippen LogP contribution in [0, 0.1) is 0 Å². The second kappa shape index (κ2) is 6.85. The van der Waals surface area contributed by atoms with Crippen molar-refractivity contribution in [1.82, 2.24) is 0 Å². The minimum absolute atomic E-state index is 0.195. The van der Waals surface area contributed by atoms with Crippen LogP contribution in [0.3, 0.4) is 0 Å². The van der Waals surface area contributed by atoms with Crippen LogP contribution in [-0.2, 0) is 4.79 Å². The fraction of sp³-hybridized carbons (Fsp3) is 0.167. The Morgan fingerprint density at radius 3 is 2.31 bits per heavy atom. The highest BCUT2D eigenvalue weighted by molar-refractivity contribution is 6.30. The van der Waals surface area contributed by atoms with Crippen LogP contribution in [0.4, 0.5) is 18.9 Å². The summed E-state index contributed by atoms with van der Waals surface area (Å²) in [5.41, 5.74) is 1.15. The normalized spacial score (nSPS) is 17.7. The van der Waals surface area contributed by atoms with Gasteiger partial charge in [0.05, 0.1) is 11.0 Å². The molecule has 0 spiro atoms. The minimum Gasteiger partial charge on any atom is -0.478 e. The summed E-state index contributed by atoms with van der Waals surface area (Å²) in [6, 6.07) is 9.23. The summed E-state index contributed by atoms with van der Waals surface area (Å²) >= 11 is 12.3. The van der Waals surface area contributed by atoms with Gasteiger partial charge in [0, 0.05) is 10.7 Å². The lowest BCUT2D eigenvalue weighted by Gasteiger charge is -2.28. The van der Waals surface area contributed by atoms with E-state index in [2.05, 4.69) is 5.32 Å². The molecule has 0 aliphatic carbocycles. The van der Waals surface area contributed by atoms with Gasteiger partial charge in [0.25, 0.3) is 0 Å². The highest BCUT2D eigenvalue weighted by Crippen LogP contribution is 2.38. The van der Waals surface area contributed by atoms with E-state index in [9.17, 15) is 18.0 Å². The van der Waals surface area contributed by atoms with Crippen LogP contribution in [0.5, 0.6) is 0 Å². The van der Waals surface area contributed by atoms with Crippen molar-refractivity contribution in [1.29, 1.82) is 0 Å². The predicted octanol–water partition coefficient (Wildman–Crippen LogP) is 5.49. The second-order valence-electron chi connectivity index (χ2n) is 5.78. The number of nitrogens with one attached hydrogen (secondary N) is 1. The number of benzene rings is 2. The van der Waals surface area contributed by atoms with Crippen LogP contribution in [-0.4, -0.2) is 23.3 Å². The maximum atomic E-state index is 13.1. The molecule has 0 saturated carbocycles. The Labute approximate surface area is 157 Å². The smallest absolute Gasteiger partial charge is 0.413 e. The number of carboxylic acids is 1. The van der Waals surface area contributed by atoms with Gasteiger partial charge < -0.3 is 10.4 Å². The van der Waals surface area contributed by atoms with Crippen molar-refractivity contribution in [2.45, 2.75) is 17.6 Å². The van der Waals surface area contributed by atoms with E-state index in [4.69, 9.17) is 28.3 Å². The highest BCUT2D eigenvalue weighted by atomic mass is 35.5. The van der Waals surface area contributed by atoms with E-state index in [0.29, 0.717) is 16.1 Å². The summed E-state index contributed by atoms with van der Waals surface area (Å²) in [5.74, 6) is -1.63. The summed E-state index contributed by atoms with van der Waals surface area (Å²) in [7, 11) is 0. The van der Waals surface area contributed by atoms with Gasteiger partial charge >= 0.3 is 12.1 Å². The highest BCUT2D eigenvalue weighted by Gasteiger charge is 2.46. The number of alkyl halides is 4. The molecule has 2 aromatic rings. The summed E-state index contributed by atoms with van der Waals surface area (Å²) in [6.07, 6.45) is -3.69. The molecule has 1 aliphatic heterocycles. The van der Waals surface area contributed by atoms with E-state index >= 15 is 0 Å². The number of hydrogen-bond donors (Lipinski definition) is 2. The molecule has 0 fully saturated rings. The summed E-state index contributed by atoms with van der Waals surface area (Å²) < 4.78 is 39.3. The van der Waals surface area contributed by atoms with Gasteiger partial charge in [-0.2, -0.15) is 13.2 Å². The average molecular weight is 402 g/mol. The Kier molecular flexibility index (Phi) is 4.90. The molecular weight excluding hydrogens is 390 g/mol. The van der Waals surface area contributed by atoms with Gasteiger partial charge in [-0.1, -0.05) is 29.8 Å². The zero-order valence-electron chi connectivity index (χ0n) is 13.0. The lowest BCUT2D eigenvalue weighted by Crippen LogP contribution is -2.41. The number of anilines is 1. The van der Waals surface area contributed by atoms with Crippen molar-refractivity contribution in [3.05, 3.63) is 69.8 Å². The number of carbonyl (C=O) groups is 1. The molecule has 2 unspecified atom stereocenters. The van der Waals surface area contributed by atoms with Crippen molar-refractivity contribution >= 4 is 40.9 Å². The number of rotatable bonds is 3. The monoisotopic (exact) mass is 401 g/mol. The SMILES string of the molecule is O=C(O)C1=Cc2cc(C(Cl)c3ccc(Cl)cc3)ccc2NC1C(F)(F)F. The first-order chi connectivity index (χ1) is 12.2. The fourth-order valence-electron chi connectivity index (χ4n) is 2.74. The third kappa shape index (κ3) is 3.66. The van der Waals surface area contributed by atoms with E-state index in [-0.39, 0.29) is 5.69 Å². The Balaban J connectivity index is 1.99. The van der Waals surface area contributed by atoms with E-state index in [1.807, 2.05) is 0 Å². The zero-order valence-corrected chi connectivity index (χ0v) is 14.5. The quantitative estimate of drug-likeness (QED) is 0.668. The van der Waals surface area contributed by atoms with Crippen LogP contribution in [0.2, 0.25) is 5.02 Å². The predicted molar refractivity (Wildman–Crippen MR) is 94.7 cm³/mol. The Morgan fingerprint density at radius 2 is 1.73 bits per heavy atom. The number of halogens is 5. The molecule has 1 aliphatic rings. The molecule has 2 aromatic carbocycles. The van der Waals surface area contributed by atoms with Crippen LogP contribution < -0.4 is 5.32 Å². The summed E-state index contributed by atoms with van der Waals surface area (Å²) in [4.78, 5) is 11.2. The van der Waals surface area contributed by atoms with Crippen LogP contribution in [0.25, 0.3) is 6.08 Å². The maximum Gasteiger partial charge on any atom is 0.413 e. The molecule has 26 heavy (non-hydrogen) atoms. The molecule has 2 atom stereocenters. The lowest BCUT2D eigenvalue weighted by atomic mass is 9.94. The van der Waals surface area contributed by atoms with Gasteiger partial charge in [-0.25, -0.2) is 4.79 Å². The van der Waals surface area contributed by atoms with E-state index in [1.54, 1.807) is 36.4 Å². The summed E-state index contributed by atoms with van der Waals surface area (Å²) in [5, 5.41) is 11.4. The van der Waals surface area contributed by atoms with Crippen molar-refractivity contribution in [3.8, 4) is 0 Å². The standard InChI is InChI=1S/C18H12Cl2F3NO2/c19-12-4-1-9(2-5-12)15(20)10-3-6-14-11(7-10)8-13(17(25)26)16(24-14)18(21,22)23/h1-8,15-16,24H,(H,25,26). The molecule has 0 bridgehead atoms. The Hall–Kier alpha value is -2.18. The molecule has 136 valence electrons. The summed E-state index contributed by atoms with van der Waals surface area (Å²) in [6.45, 7) is 0. The molecule has 0 amide bonds. The molecule has 2 N–H and O–H groups in total. The van der Waals surface area contributed by atoms with Crippen LogP contribution >= 0.6 is 23.2 Å². The van der Waals surface area contributed by atoms with Crippen LogP contribution in [0.15, 0.2) is 48.0 Å². The first-order valence-corrected chi connectivity index (χ1v) is 8.30. The Morgan fingerprint density at radius 1 is 1.12 bits per heavy atom. The van der Waals surface area contributed by atoms with Gasteiger partial charge in [-0.15, -0.1) is 11.6 Å². The van der Waals surface area contributed by atoms with E-state index in [0.717, 1.165) is 11.6 Å². The number of fused-ring (bicyclic) bond motifs is 1. The molecular formula is C18H12Cl2F3NO2. The van der Waals surface area contributed by atoms with Gasteiger partial charge in [-0.3, -0.25) is 0 Å². The van der Waals surface area contributed by atoms with Gasteiger partial charge in [0.15, 0.2) is 6.04 Å². The number of aliphatic carboxylic acids is 1. The molecule has 3 nitrogen and oxygen atoms in total.